The lowest BCUT2D eigenvalue weighted by Crippen LogP contribution is -2.46. The Morgan fingerprint density at radius 1 is 1.64 bits per heavy atom. The van der Waals surface area contributed by atoms with Crippen LogP contribution in [0.1, 0.15) is 27.2 Å². The van der Waals surface area contributed by atoms with E-state index in [4.69, 9.17) is 9.47 Å². The highest BCUT2D eigenvalue weighted by atomic mass is 16.7. The molecule has 1 saturated heterocycles. The second-order valence-corrected chi connectivity index (χ2v) is 3.07. The van der Waals surface area contributed by atoms with Gasteiger partial charge in [-0.25, -0.2) is 0 Å². The quantitative estimate of drug-likeness (QED) is 0.573. The zero-order valence-electron chi connectivity index (χ0n) is 7.22. The summed E-state index contributed by atoms with van der Waals surface area (Å²) in [5.41, 5.74) is 0. The molecule has 0 aromatic carbocycles. The second-order valence-electron chi connectivity index (χ2n) is 3.07. The van der Waals surface area contributed by atoms with E-state index in [2.05, 4.69) is 0 Å². The molecule has 0 amide bonds. The van der Waals surface area contributed by atoms with Crippen LogP contribution in [-0.4, -0.2) is 24.3 Å². The first-order valence-corrected chi connectivity index (χ1v) is 3.87. The van der Waals surface area contributed by atoms with Crippen molar-refractivity contribution in [3.05, 3.63) is 0 Å². The van der Waals surface area contributed by atoms with Gasteiger partial charge in [0.1, 0.15) is 0 Å². The lowest BCUT2D eigenvalue weighted by Gasteiger charge is -2.35. The van der Waals surface area contributed by atoms with Gasteiger partial charge >= 0.3 is 0 Å². The molecule has 0 aromatic heterocycles. The van der Waals surface area contributed by atoms with E-state index in [1.54, 1.807) is 6.92 Å². The summed E-state index contributed by atoms with van der Waals surface area (Å²) in [4.78, 5) is 11.0. The lowest BCUT2D eigenvalue weighted by atomic mass is 10.1. The number of hydrogen-bond donors (Lipinski definition) is 0. The number of ketones is 1. The molecule has 1 aliphatic heterocycles. The summed E-state index contributed by atoms with van der Waals surface area (Å²) in [7, 11) is 0. The largest absolute Gasteiger partial charge is 0.344 e. The Labute approximate surface area is 66.7 Å². The molecule has 0 saturated carbocycles. The Hall–Kier alpha value is -0.410. The van der Waals surface area contributed by atoms with Gasteiger partial charge in [-0.3, -0.25) is 4.79 Å². The van der Waals surface area contributed by atoms with Crippen molar-refractivity contribution in [2.45, 2.75) is 39.1 Å². The molecule has 0 radical (unpaired) electrons. The summed E-state index contributed by atoms with van der Waals surface area (Å²) in [5.74, 6) is -1.05. The van der Waals surface area contributed by atoms with E-state index in [0.29, 0.717) is 6.61 Å². The molecule has 3 nitrogen and oxygen atoms in total. The smallest absolute Gasteiger partial charge is 0.225 e. The number of Topliss-reactive ketones (excluding diaryl/α,β-unsaturated/α-hetero) is 1. The Bertz CT molecular complexity index is 167. The highest BCUT2D eigenvalue weighted by Crippen LogP contribution is 2.22. The van der Waals surface area contributed by atoms with Gasteiger partial charge < -0.3 is 9.47 Å². The molecule has 0 spiro atoms. The average Bonchev–Trinajstić information content (AvgIpc) is 1.86. The molecular weight excluding hydrogens is 144 g/mol. The van der Waals surface area contributed by atoms with Crippen LogP contribution in [0.4, 0.5) is 0 Å². The minimum atomic E-state index is -0.988. The Morgan fingerprint density at radius 3 is 2.64 bits per heavy atom. The normalized spacial score (nSPS) is 38.6. The molecule has 1 fully saturated rings. The number of rotatable bonds is 1. The van der Waals surface area contributed by atoms with Crippen molar-refractivity contribution >= 4 is 5.78 Å². The van der Waals surface area contributed by atoms with Gasteiger partial charge in [-0.05, 0) is 20.3 Å². The molecule has 0 bridgehead atoms. The minimum Gasteiger partial charge on any atom is -0.344 e. The highest BCUT2D eigenvalue weighted by Gasteiger charge is 2.36. The zero-order valence-corrected chi connectivity index (χ0v) is 7.22. The first kappa shape index (κ1) is 8.68. The molecule has 0 N–H and O–H groups in total. The van der Waals surface area contributed by atoms with Gasteiger partial charge in [-0.1, -0.05) is 0 Å². The Balaban J connectivity index is 2.63. The third-order valence-corrected chi connectivity index (χ3v) is 1.97. The van der Waals surface area contributed by atoms with Crippen LogP contribution in [0.3, 0.4) is 0 Å². The fourth-order valence-electron chi connectivity index (χ4n) is 1.08. The van der Waals surface area contributed by atoms with Gasteiger partial charge in [0, 0.05) is 6.92 Å². The van der Waals surface area contributed by atoms with E-state index < -0.39 is 5.79 Å². The van der Waals surface area contributed by atoms with Gasteiger partial charge in [-0.15, -0.1) is 0 Å². The maximum Gasteiger partial charge on any atom is 0.225 e. The van der Waals surface area contributed by atoms with Crippen LogP contribution in [0.5, 0.6) is 0 Å². The zero-order chi connectivity index (χ0) is 8.48. The van der Waals surface area contributed by atoms with Crippen molar-refractivity contribution in [2.24, 2.45) is 0 Å². The molecule has 0 aliphatic carbocycles. The molecule has 3 heteroatoms. The number of carbonyl (C=O) groups excluding carboxylic acids is 1. The molecule has 2 atom stereocenters. The first-order chi connectivity index (χ1) is 5.04. The van der Waals surface area contributed by atoms with Crippen LogP contribution in [0.2, 0.25) is 0 Å². The predicted octanol–water partition coefficient (Wildman–Crippen LogP) is 1.12. The molecule has 11 heavy (non-hydrogen) atoms. The third-order valence-electron chi connectivity index (χ3n) is 1.97. The predicted molar refractivity (Wildman–Crippen MR) is 40.2 cm³/mol. The first-order valence-electron chi connectivity index (χ1n) is 3.87. The maximum absolute atomic E-state index is 11.0. The summed E-state index contributed by atoms with van der Waals surface area (Å²) in [6, 6.07) is 0. The summed E-state index contributed by atoms with van der Waals surface area (Å²) in [6.45, 7) is 5.71. The SMILES string of the molecule is CC(=O)C1(C)OCC[C@@H](C)O1. The summed E-state index contributed by atoms with van der Waals surface area (Å²) in [6.07, 6.45) is 0.987. The molecule has 1 heterocycles. The van der Waals surface area contributed by atoms with Gasteiger partial charge in [0.25, 0.3) is 0 Å². The number of hydrogen-bond acceptors (Lipinski definition) is 3. The monoisotopic (exact) mass is 158 g/mol. The minimum absolute atomic E-state index is 0.0657. The van der Waals surface area contributed by atoms with Crippen LogP contribution >= 0.6 is 0 Å². The molecule has 1 aliphatic rings. The van der Waals surface area contributed by atoms with Crippen molar-refractivity contribution in [2.75, 3.05) is 6.61 Å². The summed E-state index contributed by atoms with van der Waals surface area (Å²) < 4.78 is 10.6. The van der Waals surface area contributed by atoms with Crippen molar-refractivity contribution in [3.8, 4) is 0 Å². The van der Waals surface area contributed by atoms with Crippen molar-refractivity contribution < 1.29 is 14.3 Å². The van der Waals surface area contributed by atoms with Crippen LogP contribution in [0.15, 0.2) is 0 Å². The van der Waals surface area contributed by atoms with E-state index in [-0.39, 0.29) is 11.9 Å². The number of ether oxygens (including phenoxy) is 2. The fraction of sp³-hybridized carbons (Fsp3) is 0.875. The van der Waals surface area contributed by atoms with E-state index >= 15 is 0 Å². The van der Waals surface area contributed by atoms with Crippen molar-refractivity contribution in [1.29, 1.82) is 0 Å². The Morgan fingerprint density at radius 2 is 2.27 bits per heavy atom. The van der Waals surface area contributed by atoms with Crippen LogP contribution < -0.4 is 0 Å². The summed E-state index contributed by atoms with van der Waals surface area (Å²) in [5, 5.41) is 0. The molecule has 1 rings (SSSR count). The second kappa shape index (κ2) is 2.91. The van der Waals surface area contributed by atoms with Gasteiger partial charge in [-0.2, -0.15) is 0 Å². The van der Waals surface area contributed by atoms with Crippen LogP contribution in [0.25, 0.3) is 0 Å². The van der Waals surface area contributed by atoms with E-state index in [1.807, 2.05) is 6.92 Å². The van der Waals surface area contributed by atoms with Crippen molar-refractivity contribution in [3.63, 3.8) is 0 Å². The van der Waals surface area contributed by atoms with Crippen LogP contribution in [-0.2, 0) is 14.3 Å². The summed E-state index contributed by atoms with van der Waals surface area (Å²) >= 11 is 0. The van der Waals surface area contributed by atoms with E-state index in [1.165, 1.54) is 6.92 Å². The lowest BCUT2D eigenvalue weighted by molar-refractivity contribution is -0.263. The molecule has 0 aromatic rings. The molecular formula is C8H14O3. The Kier molecular flexibility index (Phi) is 2.30. The topological polar surface area (TPSA) is 35.5 Å². The van der Waals surface area contributed by atoms with Gasteiger partial charge in [0.2, 0.25) is 5.79 Å². The van der Waals surface area contributed by atoms with Crippen LogP contribution in [0, 0.1) is 0 Å². The van der Waals surface area contributed by atoms with Crippen molar-refractivity contribution in [1.82, 2.24) is 0 Å². The average molecular weight is 158 g/mol. The van der Waals surface area contributed by atoms with E-state index in [0.717, 1.165) is 6.42 Å². The number of carbonyl (C=O) groups is 1. The maximum atomic E-state index is 11.0. The molecule has 64 valence electrons. The molecule has 1 unspecified atom stereocenters. The standard InChI is InChI=1S/C8H14O3/c1-6-4-5-10-8(3,11-6)7(2)9/h6H,4-5H2,1-3H3/t6-,8?/m1/s1. The van der Waals surface area contributed by atoms with E-state index in [9.17, 15) is 4.79 Å². The fourth-order valence-corrected chi connectivity index (χ4v) is 1.08. The third kappa shape index (κ3) is 1.79. The van der Waals surface area contributed by atoms with Gasteiger partial charge in [0.15, 0.2) is 5.78 Å². The highest BCUT2D eigenvalue weighted by molar-refractivity contribution is 5.83. The van der Waals surface area contributed by atoms with Gasteiger partial charge in [0.05, 0.1) is 12.7 Å².